The van der Waals surface area contributed by atoms with Gasteiger partial charge in [-0.25, -0.2) is 9.97 Å². The Morgan fingerprint density at radius 1 is 1.06 bits per heavy atom. The van der Waals surface area contributed by atoms with Crippen LogP contribution in [-0.2, 0) is 0 Å². The summed E-state index contributed by atoms with van der Waals surface area (Å²) < 4.78 is 12.0. The number of nitrogens with zero attached hydrogens (tertiary/aromatic N) is 2. The molecule has 3 N–H and O–H groups in total. The molecule has 33 heavy (non-hydrogen) atoms. The monoisotopic (exact) mass is 467 g/mol. The van der Waals surface area contributed by atoms with E-state index in [0.717, 1.165) is 70.7 Å². The number of aryl methyl sites for hydroxylation is 1. The number of fused-ring (bicyclic) bond motifs is 2. The number of hydrogen-bond acceptors (Lipinski definition) is 6. The standard InChI is InChI=1S/C25H29N5O2.ClH/c1-15-10-18-11-19(4-5-21(18)29-15)30-25-20-12-23(31-3)24(13-22(20)27-14-28-25)32-16(2)17-6-8-26-9-7-17;/h4-5,10-14,16-17,26,29H,6-9H2,1-3H3,(H,27,28,30);1H. The predicted octanol–water partition coefficient (Wildman–Crippen LogP) is 5.36. The summed E-state index contributed by atoms with van der Waals surface area (Å²) in [4.78, 5) is 12.3. The molecule has 4 aromatic rings. The lowest BCUT2D eigenvalue weighted by Crippen LogP contribution is -2.35. The molecule has 0 saturated carbocycles. The SMILES string of the molecule is COc1cc2c(Nc3ccc4[nH]c(C)cc4c3)ncnc2cc1OC(C)C1CCNCC1.Cl. The van der Waals surface area contributed by atoms with Crippen molar-refractivity contribution in [2.45, 2.75) is 32.8 Å². The lowest BCUT2D eigenvalue weighted by molar-refractivity contribution is 0.124. The Hall–Kier alpha value is -3.03. The van der Waals surface area contributed by atoms with Gasteiger partial charge in [0.15, 0.2) is 11.5 Å². The third-order valence-corrected chi connectivity index (χ3v) is 6.30. The highest BCUT2D eigenvalue weighted by Gasteiger charge is 2.23. The molecule has 1 fully saturated rings. The fraction of sp³-hybridized carbons (Fsp3) is 0.360. The van der Waals surface area contributed by atoms with Crippen molar-refractivity contribution in [1.29, 1.82) is 0 Å². The van der Waals surface area contributed by atoms with E-state index in [1.807, 2.05) is 18.2 Å². The van der Waals surface area contributed by atoms with E-state index < -0.39 is 0 Å². The molecule has 1 aliphatic heterocycles. The molecule has 5 rings (SSSR count). The van der Waals surface area contributed by atoms with Crippen LogP contribution in [0.1, 0.15) is 25.5 Å². The van der Waals surface area contributed by atoms with Crippen LogP contribution in [0.4, 0.5) is 11.5 Å². The molecule has 1 saturated heterocycles. The highest BCUT2D eigenvalue weighted by Crippen LogP contribution is 2.36. The molecule has 0 amide bonds. The van der Waals surface area contributed by atoms with Crippen molar-refractivity contribution in [3.05, 3.63) is 48.4 Å². The maximum atomic E-state index is 6.36. The minimum atomic E-state index is 0. The number of benzene rings is 2. The molecule has 3 heterocycles. The van der Waals surface area contributed by atoms with Gasteiger partial charge >= 0.3 is 0 Å². The first-order valence-corrected chi connectivity index (χ1v) is 11.2. The van der Waals surface area contributed by atoms with Gasteiger partial charge in [-0.3, -0.25) is 0 Å². The van der Waals surface area contributed by atoms with Crippen LogP contribution >= 0.6 is 12.4 Å². The molecule has 2 aromatic heterocycles. The molecule has 1 atom stereocenters. The van der Waals surface area contributed by atoms with E-state index in [2.05, 4.69) is 57.6 Å². The fourth-order valence-electron chi connectivity index (χ4n) is 4.52. The number of H-pyrrole nitrogens is 1. The maximum absolute atomic E-state index is 6.36. The zero-order valence-electron chi connectivity index (χ0n) is 19.1. The number of rotatable bonds is 6. The van der Waals surface area contributed by atoms with Gasteiger partial charge in [-0.05, 0) is 76.0 Å². The molecule has 174 valence electrons. The van der Waals surface area contributed by atoms with Gasteiger partial charge in [-0.2, -0.15) is 0 Å². The molecular weight excluding hydrogens is 438 g/mol. The first kappa shape index (κ1) is 23.1. The van der Waals surface area contributed by atoms with E-state index in [1.165, 1.54) is 0 Å². The van der Waals surface area contributed by atoms with E-state index >= 15 is 0 Å². The van der Waals surface area contributed by atoms with E-state index in [-0.39, 0.29) is 18.5 Å². The van der Waals surface area contributed by atoms with Crippen LogP contribution < -0.4 is 20.1 Å². The summed E-state index contributed by atoms with van der Waals surface area (Å²) in [7, 11) is 1.67. The van der Waals surface area contributed by atoms with Crippen LogP contribution in [0, 0.1) is 12.8 Å². The van der Waals surface area contributed by atoms with Gasteiger partial charge in [0, 0.05) is 33.7 Å². The summed E-state index contributed by atoms with van der Waals surface area (Å²) >= 11 is 0. The summed E-state index contributed by atoms with van der Waals surface area (Å²) in [5.41, 5.74) is 4.04. The molecule has 2 aromatic carbocycles. The minimum Gasteiger partial charge on any atom is -0.493 e. The quantitative estimate of drug-likeness (QED) is 0.354. The van der Waals surface area contributed by atoms with Crippen LogP contribution in [0.15, 0.2) is 42.7 Å². The summed E-state index contributed by atoms with van der Waals surface area (Å²) in [5.74, 6) is 2.68. The normalized spacial score (nSPS) is 15.2. The summed E-state index contributed by atoms with van der Waals surface area (Å²) in [6.07, 6.45) is 3.94. The molecule has 1 unspecified atom stereocenters. The second kappa shape index (κ2) is 9.85. The first-order valence-electron chi connectivity index (χ1n) is 11.2. The fourth-order valence-corrected chi connectivity index (χ4v) is 4.52. The van der Waals surface area contributed by atoms with E-state index in [9.17, 15) is 0 Å². The third kappa shape index (κ3) is 4.84. The lowest BCUT2D eigenvalue weighted by atomic mass is 9.93. The highest BCUT2D eigenvalue weighted by molar-refractivity contribution is 5.94. The van der Waals surface area contributed by atoms with Gasteiger partial charge in [-0.15, -0.1) is 12.4 Å². The van der Waals surface area contributed by atoms with Crippen molar-refractivity contribution in [2.75, 3.05) is 25.5 Å². The van der Waals surface area contributed by atoms with Crippen LogP contribution in [0.2, 0.25) is 0 Å². The van der Waals surface area contributed by atoms with Gasteiger partial charge in [-0.1, -0.05) is 0 Å². The minimum absolute atomic E-state index is 0. The Morgan fingerprint density at radius 3 is 2.67 bits per heavy atom. The molecule has 0 radical (unpaired) electrons. The van der Waals surface area contributed by atoms with E-state index in [1.54, 1.807) is 13.4 Å². The van der Waals surface area contributed by atoms with Gasteiger partial charge in [0.2, 0.25) is 0 Å². The smallest absolute Gasteiger partial charge is 0.163 e. The summed E-state index contributed by atoms with van der Waals surface area (Å²) in [6, 6.07) is 12.3. The van der Waals surface area contributed by atoms with Crippen molar-refractivity contribution in [2.24, 2.45) is 5.92 Å². The van der Waals surface area contributed by atoms with Gasteiger partial charge < -0.3 is 25.1 Å². The van der Waals surface area contributed by atoms with Crippen molar-refractivity contribution >= 4 is 45.7 Å². The van der Waals surface area contributed by atoms with Crippen molar-refractivity contribution < 1.29 is 9.47 Å². The Bertz CT molecular complexity index is 1250. The number of piperidine rings is 1. The van der Waals surface area contributed by atoms with Crippen molar-refractivity contribution in [1.82, 2.24) is 20.3 Å². The highest BCUT2D eigenvalue weighted by atomic mass is 35.5. The number of methoxy groups -OCH3 is 1. The number of ether oxygens (including phenoxy) is 2. The Balaban J connectivity index is 0.00000259. The number of halogens is 1. The number of hydrogen-bond donors (Lipinski definition) is 3. The van der Waals surface area contributed by atoms with Crippen molar-refractivity contribution in [3.8, 4) is 11.5 Å². The zero-order valence-corrected chi connectivity index (χ0v) is 20.0. The zero-order chi connectivity index (χ0) is 22.1. The number of anilines is 2. The molecule has 1 aliphatic rings. The Morgan fingerprint density at radius 2 is 1.88 bits per heavy atom. The summed E-state index contributed by atoms with van der Waals surface area (Å²) in [5, 5.41) is 8.90. The van der Waals surface area contributed by atoms with Crippen LogP contribution in [0.25, 0.3) is 21.8 Å². The Kier molecular flexibility index (Phi) is 6.91. The van der Waals surface area contributed by atoms with Crippen LogP contribution in [-0.4, -0.2) is 41.3 Å². The molecule has 0 aliphatic carbocycles. The molecule has 7 nitrogen and oxygen atoms in total. The number of nitrogens with one attached hydrogen (secondary N) is 3. The number of aromatic nitrogens is 3. The van der Waals surface area contributed by atoms with Crippen molar-refractivity contribution in [3.63, 3.8) is 0 Å². The molecular formula is C25H30ClN5O2. The first-order chi connectivity index (χ1) is 15.6. The maximum Gasteiger partial charge on any atom is 0.163 e. The second-order valence-electron chi connectivity index (χ2n) is 8.53. The topological polar surface area (TPSA) is 84.1 Å². The van der Waals surface area contributed by atoms with E-state index in [4.69, 9.17) is 9.47 Å². The van der Waals surface area contributed by atoms with Crippen LogP contribution in [0.3, 0.4) is 0 Å². The van der Waals surface area contributed by atoms with Gasteiger partial charge in [0.25, 0.3) is 0 Å². The average Bonchev–Trinajstić information content (AvgIpc) is 3.18. The average molecular weight is 468 g/mol. The largest absolute Gasteiger partial charge is 0.493 e. The third-order valence-electron chi connectivity index (χ3n) is 6.30. The van der Waals surface area contributed by atoms with Gasteiger partial charge in [0.05, 0.1) is 18.7 Å². The predicted molar refractivity (Wildman–Crippen MR) is 135 cm³/mol. The summed E-state index contributed by atoms with van der Waals surface area (Å²) in [6.45, 7) is 6.29. The van der Waals surface area contributed by atoms with Crippen LogP contribution in [0.5, 0.6) is 11.5 Å². The van der Waals surface area contributed by atoms with Gasteiger partial charge in [0.1, 0.15) is 12.1 Å². The molecule has 0 spiro atoms. The van der Waals surface area contributed by atoms with E-state index in [0.29, 0.717) is 11.7 Å². The number of aromatic amines is 1. The molecule has 0 bridgehead atoms. The second-order valence-corrected chi connectivity index (χ2v) is 8.53. The molecule has 8 heteroatoms. The lowest BCUT2D eigenvalue weighted by Gasteiger charge is -2.29. The Labute approximate surface area is 199 Å².